The second-order valence-electron chi connectivity index (χ2n) is 4.61. The topological polar surface area (TPSA) is 61.5 Å². The van der Waals surface area contributed by atoms with E-state index in [2.05, 4.69) is 0 Å². The summed E-state index contributed by atoms with van der Waals surface area (Å²) in [5.41, 5.74) is 6.11. The number of carbonyl (C=O) groups is 1. The van der Waals surface area contributed by atoms with Crippen molar-refractivity contribution in [3.63, 3.8) is 0 Å². The number of benzene rings is 1. The molecule has 4 heteroatoms. The second kappa shape index (κ2) is 5.80. The third kappa shape index (κ3) is 4.54. The van der Waals surface area contributed by atoms with Crippen LogP contribution in [0.2, 0.25) is 0 Å². The largest absolute Gasteiger partial charge is 0.467 e. The van der Waals surface area contributed by atoms with Crippen molar-refractivity contribution in [3.05, 3.63) is 35.9 Å². The molecule has 1 unspecified atom stereocenters. The average Bonchev–Trinajstić information content (AvgIpc) is 2.29. The first-order valence-electron chi connectivity index (χ1n) is 5.47. The van der Waals surface area contributed by atoms with Crippen LogP contribution < -0.4 is 5.73 Å². The smallest absolute Gasteiger partial charge is 0.339 e. The molecule has 94 valence electrons. The molecule has 0 amide bonds. The predicted octanol–water partition coefficient (Wildman–Crippen LogP) is 1.65. The Bertz CT molecular complexity index is 357. The maximum atomic E-state index is 11.6. The van der Waals surface area contributed by atoms with Gasteiger partial charge in [0.1, 0.15) is 0 Å². The lowest BCUT2D eigenvalue weighted by Crippen LogP contribution is -2.38. The van der Waals surface area contributed by atoms with Crippen molar-refractivity contribution in [1.29, 1.82) is 0 Å². The molecule has 1 rings (SSSR count). The standard InChI is InChI=1S/C13H19NO3/c1-13(2,14)9-17-11(12(15)16-3)10-7-5-4-6-8-10/h4-8,11H,9,14H2,1-3H3. The molecule has 0 saturated carbocycles. The number of esters is 1. The Labute approximate surface area is 102 Å². The van der Waals surface area contributed by atoms with E-state index in [9.17, 15) is 4.79 Å². The van der Waals surface area contributed by atoms with Crippen molar-refractivity contribution in [2.75, 3.05) is 13.7 Å². The molecule has 0 spiro atoms. The van der Waals surface area contributed by atoms with Gasteiger partial charge >= 0.3 is 5.97 Å². The van der Waals surface area contributed by atoms with Crippen LogP contribution in [0.5, 0.6) is 0 Å². The van der Waals surface area contributed by atoms with Gasteiger partial charge in [0.25, 0.3) is 0 Å². The fourth-order valence-electron chi connectivity index (χ4n) is 1.33. The SMILES string of the molecule is COC(=O)C(OCC(C)(C)N)c1ccccc1. The summed E-state index contributed by atoms with van der Waals surface area (Å²) in [5.74, 6) is -0.416. The fourth-order valence-corrected chi connectivity index (χ4v) is 1.33. The van der Waals surface area contributed by atoms with E-state index in [0.29, 0.717) is 0 Å². The van der Waals surface area contributed by atoms with E-state index in [1.165, 1.54) is 7.11 Å². The van der Waals surface area contributed by atoms with E-state index in [-0.39, 0.29) is 6.61 Å². The molecule has 1 aromatic rings. The Morgan fingerprint density at radius 2 is 1.94 bits per heavy atom. The first-order valence-corrected chi connectivity index (χ1v) is 5.47. The Hall–Kier alpha value is -1.39. The van der Waals surface area contributed by atoms with Gasteiger partial charge in [-0.25, -0.2) is 4.79 Å². The van der Waals surface area contributed by atoms with Gasteiger partial charge in [-0.2, -0.15) is 0 Å². The zero-order valence-corrected chi connectivity index (χ0v) is 10.5. The zero-order chi connectivity index (χ0) is 12.9. The lowest BCUT2D eigenvalue weighted by Gasteiger charge is -2.22. The minimum absolute atomic E-state index is 0.279. The molecule has 0 aromatic heterocycles. The first-order chi connectivity index (χ1) is 7.94. The highest BCUT2D eigenvalue weighted by atomic mass is 16.6. The van der Waals surface area contributed by atoms with Crippen LogP contribution >= 0.6 is 0 Å². The summed E-state index contributed by atoms with van der Waals surface area (Å²) in [4.78, 5) is 11.6. The van der Waals surface area contributed by atoms with Crippen LogP contribution in [0.4, 0.5) is 0 Å². The lowest BCUT2D eigenvalue weighted by atomic mass is 10.1. The number of carbonyl (C=O) groups excluding carboxylic acids is 1. The van der Waals surface area contributed by atoms with Crippen LogP contribution in [0.1, 0.15) is 25.5 Å². The Balaban J connectivity index is 2.79. The Morgan fingerprint density at radius 1 is 1.35 bits per heavy atom. The number of rotatable bonds is 5. The summed E-state index contributed by atoms with van der Waals surface area (Å²) in [6.45, 7) is 3.96. The van der Waals surface area contributed by atoms with Crippen LogP contribution in [0.3, 0.4) is 0 Å². The molecule has 4 nitrogen and oxygen atoms in total. The monoisotopic (exact) mass is 237 g/mol. The van der Waals surface area contributed by atoms with Gasteiger partial charge in [0.15, 0.2) is 6.10 Å². The third-order valence-electron chi connectivity index (χ3n) is 2.14. The molecule has 0 saturated heterocycles. The predicted molar refractivity (Wildman–Crippen MR) is 65.4 cm³/mol. The zero-order valence-electron chi connectivity index (χ0n) is 10.5. The van der Waals surface area contributed by atoms with Gasteiger partial charge in [-0.15, -0.1) is 0 Å². The summed E-state index contributed by atoms with van der Waals surface area (Å²) in [6.07, 6.45) is -0.718. The quantitative estimate of drug-likeness (QED) is 0.791. The molecule has 17 heavy (non-hydrogen) atoms. The van der Waals surface area contributed by atoms with E-state index in [1.54, 1.807) is 0 Å². The summed E-state index contributed by atoms with van der Waals surface area (Å²) in [6, 6.07) is 9.23. The highest BCUT2D eigenvalue weighted by Gasteiger charge is 2.24. The number of hydrogen-bond donors (Lipinski definition) is 1. The number of methoxy groups -OCH3 is 1. The van der Waals surface area contributed by atoms with Gasteiger partial charge in [-0.05, 0) is 19.4 Å². The molecule has 2 N–H and O–H groups in total. The molecule has 1 aromatic carbocycles. The van der Waals surface area contributed by atoms with Crippen molar-refractivity contribution in [3.8, 4) is 0 Å². The van der Waals surface area contributed by atoms with E-state index < -0.39 is 17.6 Å². The van der Waals surface area contributed by atoms with Crippen LogP contribution in [-0.2, 0) is 14.3 Å². The molecule has 0 aliphatic heterocycles. The summed E-state index contributed by atoms with van der Waals surface area (Å²) < 4.78 is 10.3. The molecule has 0 aliphatic rings. The van der Waals surface area contributed by atoms with E-state index in [1.807, 2.05) is 44.2 Å². The van der Waals surface area contributed by atoms with Crippen molar-refractivity contribution in [2.24, 2.45) is 5.73 Å². The van der Waals surface area contributed by atoms with Gasteiger partial charge in [0.2, 0.25) is 0 Å². The average molecular weight is 237 g/mol. The fraction of sp³-hybridized carbons (Fsp3) is 0.462. The van der Waals surface area contributed by atoms with E-state index >= 15 is 0 Å². The Morgan fingerprint density at radius 3 is 2.41 bits per heavy atom. The summed E-state index contributed by atoms with van der Waals surface area (Å²) in [7, 11) is 1.34. The van der Waals surface area contributed by atoms with Crippen LogP contribution in [0.25, 0.3) is 0 Å². The van der Waals surface area contributed by atoms with Gasteiger partial charge in [0, 0.05) is 5.54 Å². The minimum Gasteiger partial charge on any atom is -0.467 e. The number of nitrogens with two attached hydrogens (primary N) is 1. The van der Waals surface area contributed by atoms with Gasteiger partial charge < -0.3 is 15.2 Å². The highest BCUT2D eigenvalue weighted by molar-refractivity contribution is 5.76. The molecule has 0 fully saturated rings. The minimum atomic E-state index is -0.718. The van der Waals surface area contributed by atoms with E-state index in [0.717, 1.165) is 5.56 Å². The summed E-state index contributed by atoms with van der Waals surface area (Å²) in [5, 5.41) is 0. The third-order valence-corrected chi connectivity index (χ3v) is 2.14. The second-order valence-corrected chi connectivity index (χ2v) is 4.61. The normalized spacial score (nSPS) is 13.2. The first kappa shape index (κ1) is 13.7. The van der Waals surface area contributed by atoms with Crippen LogP contribution in [-0.4, -0.2) is 25.2 Å². The van der Waals surface area contributed by atoms with Crippen molar-refractivity contribution < 1.29 is 14.3 Å². The van der Waals surface area contributed by atoms with Crippen LogP contribution in [0.15, 0.2) is 30.3 Å². The highest BCUT2D eigenvalue weighted by Crippen LogP contribution is 2.19. The molecule has 0 bridgehead atoms. The molecule has 0 heterocycles. The lowest BCUT2D eigenvalue weighted by molar-refractivity contribution is -0.155. The van der Waals surface area contributed by atoms with Crippen molar-refractivity contribution in [2.45, 2.75) is 25.5 Å². The van der Waals surface area contributed by atoms with Gasteiger partial charge in [-0.1, -0.05) is 30.3 Å². The maximum absolute atomic E-state index is 11.6. The molecular formula is C13H19NO3. The van der Waals surface area contributed by atoms with E-state index in [4.69, 9.17) is 15.2 Å². The Kier molecular flexibility index (Phi) is 4.66. The summed E-state index contributed by atoms with van der Waals surface area (Å²) >= 11 is 0. The van der Waals surface area contributed by atoms with Crippen LogP contribution in [0, 0.1) is 0 Å². The molecule has 0 radical (unpaired) electrons. The number of hydrogen-bond acceptors (Lipinski definition) is 4. The van der Waals surface area contributed by atoms with Crippen molar-refractivity contribution >= 4 is 5.97 Å². The van der Waals surface area contributed by atoms with Gasteiger partial charge in [0.05, 0.1) is 13.7 Å². The number of ether oxygens (including phenoxy) is 2. The molecule has 1 atom stereocenters. The van der Waals surface area contributed by atoms with Crippen molar-refractivity contribution in [1.82, 2.24) is 0 Å². The molecular weight excluding hydrogens is 218 g/mol. The maximum Gasteiger partial charge on any atom is 0.339 e. The van der Waals surface area contributed by atoms with Gasteiger partial charge in [-0.3, -0.25) is 0 Å². The molecule has 0 aliphatic carbocycles.